The standard InChI is InChI=1S/C11H16N2O2.2C2H6/c1-8-4-5-10(12-6-8)11(15)13(3)7-9(2)14;2*1-2/h4-6,9,14H,7H2,1-3H3;2*1-2H3. The molecule has 0 spiro atoms. The van der Waals surface area contributed by atoms with Gasteiger partial charge in [0.15, 0.2) is 0 Å². The molecule has 1 rings (SSSR count). The minimum atomic E-state index is -0.524. The van der Waals surface area contributed by atoms with Crippen LogP contribution >= 0.6 is 0 Å². The number of carbonyl (C=O) groups is 1. The first kappa shape index (κ1) is 19.9. The fourth-order valence-corrected chi connectivity index (χ4v) is 1.27. The summed E-state index contributed by atoms with van der Waals surface area (Å²) >= 11 is 0. The predicted octanol–water partition coefficient (Wildman–Crippen LogP) is 2.90. The van der Waals surface area contributed by atoms with E-state index >= 15 is 0 Å². The molecule has 1 aromatic heterocycles. The van der Waals surface area contributed by atoms with Gasteiger partial charge in [0.25, 0.3) is 5.91 Å². The van der Waals surface area contributed by atoms with Crippen LogP contribution in [-0.4, -0.2) is 40.6 Å². The Labute approximate surface area is 117 Å². The predicted molar refractivity (Wildman–Crippen MR) is 80.3 cm³/mol. The van der Waals surface area contributed by atoms with Crippen molar-refractivity contribution in [2.45, 2.75) is 47.6 Å². The smallest absolute Gasteiger partial charge is 0.272 e. The Morgan fingerprint density at radius 1 is 1.32 bits per heavy atom. The third-order valence-electron chi connectivity index (χ3n) is 2.02. The van der Waals surface area contributed by atoms with Crippen molar-refractivity contribution < 1.29 is 9.90 Å². The fraction of sp³-hybridized carbons (Fsp3) is 0.600. The van der Waals surface area contributed by atoms with Crippen LogP contribution in [0.1, 0.15) is 50.7 Å². The highest BCUT2D eigenvalue weighted by Crippen LogP contribution is 2.02. The molecule has 0 radical (unpaired) electrons. The van der Waals surface area contributed by atoms with E-state index in [1.165, 1.54) is 4.90 Å². The monoisotopic (exact) mass is 268 g/mol. The van der Waals surface area contributed by atoms with Crippen molar-refractivity contribution in [3.8, 4) is 0 Å². The maximum absolute atomic E-state index is 11.7. The first-order chi connectivity index (χ1) is 9.00. The first-order valence-corrected chi connectivity index (χ1v) is 6.87. The normalized spacial score (nSPS) is 10.3. The molecule has 1 heterocycles. The number of hydrogen-bond donors (Lipinski definition) is 1. The van der Waals surface area contributed by atoms with Gasteiger partial charge < -0.3 is 10.0 Å². The van der Waals surface area contributed by atoms with Gasteiger partial charge in [-0.1, -0.05) is 33.8 Å². The molecule has 0 saturated heterocycles. The lowest BCUT2D eigenvalue weighted by molar-refractivity contribution is 0.0698. The van der Waals surface area contributed by atoms with E-state index in [9.17, 15) is 4.79 Å². The largest absolute Gasteiger partial charge is 0.392 e. The van der Waals surface area contributed by atoms with E-state index in [0.717, 1.165) is 5.56 Å². The van der Waals surface area contributed by atoms with Crippen LogP contribution in [0.4, 0.5) is 0 Å². The number of aromatic nitrogens is 1. The summed E-state index contributed by atoms with van der Waals surface area (Å²) in [5.74, 6) is -0.170. The topological polar surface area (TPSA) is 53.4 Å². The summed E-state index contributed by atoms with van der Waals surface area (Å²) in [6, 6.07) is 3.53. The Morgan fingerprint density at radius 3 is 2.21 bits per heavy atom. The summed E-state index contributed by atoms with van der Waals surface area (Å²) < 4.78 is 0. The van der Waals surface area contributed by atoms with E-state index in [1.54, 1.807) is 26.2 Å². The number of amides is 1. The van der Waals surface area contributed by atoms with Gasteiger partial charge in [0.05, 0.1) is 6.10 Å². The van der Waals surface area contributed by atoms with E-state index in [-0.39, 0.29) is 5.91 Å². The van der Waals surface area contributed by atoms with Gasteiger partial charge in [-0.05, 0) is 25.5 Å². The Bertz CT molecular complexity index is 335. The van der Waals surface area contributed by atoms with E-state index in [4.69, 9.17) is 5.11 Å². The van der Waals surface area contributed by atoms with Gasteiger partial charge in [0, 0.05) is 19.8 Å². The molecule has 4 heteroatoms. The van der Waals surface area contributed by atoms with Crippen molar-refractivity contribution in [3.63, 3.8) is 0 Å². The number of pyridine rings is 1. The second kappa shape index (κ2) is 11.7. The van der Waals surface area contributed by atoms with E-state index in [1.807, 2.05) is 40.7 Å². The van der Waals surface area contributed by atoms with Crippen molar-refractivity contribution in [1.29, 1.82) is 0 Å². The van der Waals surface area contributed by atoms with Crippen molar-refractivity contribution in [2.75, 3.05) is 13.6 Å². The fourth-order valence-electron chi connectivity index (χ4n) is 1.27. The van der Waals surface area contributed by atoms with Gasteiger partial charge in [-0.25, -0.2) is 0 Å². The quantitative estimate of drug-likeness (QED) is 0.917. The number of nitrogens with zero attached hydrogens (tertiary/aromatic N) is 2. The van der Waals surface area contributed by atoms with Crippen LogP contribution in [0.3, 0.4) is 0 Å². The van der Waals surface area contributed by atoms with E-state index < -0.39 is 6.10 Å². The molecule has 4 nitrogen and oxygen atoms in total. The second-order valence-corrected chi connectivity index (χ2v) is 3.76. The van der Waals surface area contributed by atoms with Gasteiger partial charge in [0.1, 0.15) is 5.69 Å². The summed E-state index contributed by atoms with van der Waals surface area (Å²) in [7, 11) is 1.65. The molecule has 0 aliphatic carbocycles. The van der Waals surface area contributed by atoms with Crippen molar-refractivity contribution in [3.05, 3.63) is 29.6 Å². The molecule has 0 bridgehead atoms. The van der Waals surface area contributed by atoms with Crippen LogP contribution in [-0.2, 0) is 0 Å². The number of likely N-dealkylation sites (N-methyl/N-ethyl adjacent to an activating group) is 1. The van der Waals surface area contributed by atoms with Crippen LogP contribution in [0.2, 0.25) is 0 Å². The number of rotatable bonds is 3. The van der Waals surface area contributed by atoms with Gasteiger partial charge in [0.2, 0.25) is 0 Å². The molecule has 0 saturated carbocycles. The minimum absolute atomic E-state index is 0.170. The molecule has 1 aromatic rings. The van der Waals surface area contributed by atoms with E-state index in [0.29, 0.717) is 12.2 Å². The Morgan fingerprint density at radius 2 is 1.84 bits per heavy atom. The zero-order chi connectivity index (χ0) is 15.4. The SMILES string of the molecule is CC.CC.Cc1ccc(C(=O)N(C)CC(C)O)nc1. The summed E-state index contributed by atoms with van der Waals surface area (Å²) in [6.07, 6.45) is 1.13. The van der Waals surface area contributed by atoms with Gasteiger partial charge in [-0.2, -0.15) is 0 Å². The molecule has 1 amide bonds. The van der Waals surface area contributed by atoms with Gasteiger partial charge in [-0.15, -0.1) is 0 Å². The molecule has 1 unspecified atom stereocenters. The summed E-state index contributed by atoms with van der Waals surface area (Å²) in [5, 5.41) is 9.15. The molecule has 0 aromatic carbocycles. The van der Waals surface area contributed by atoms with E-state index in [2.05, 4.69) is 4.98 Å². The lowest BCUT2D eigenvalue weighted by Crippen LogP contribution is -2.33. The molecule has 0 aliphatic heterocycles. The number of carbonyl (C=O) groups excluding carboxylic acids is 1. The third kappa shape index (κ3) is 8.32. The number of aliphatic hydroxyl groups is 1. The minimum Gasteiger partial charge on any atom is -0.392 e. The van der Waals surface area contributed by atoms with Crippen LogP contribution in [0.15, 0.2) is 18.3 Å². The van der Waals surface area contributed by atoms with Crippen molar-refractivity contribution in [2.24, 2.45) is 0 Å². The van der Waals surface area contributed by atoms with Gasteiger partial charge in [-0.3, -0.25) is 9.78 Å². The highest BCUT2D eigenvalue weighted by Gasteiger charge is 2.13. The summed E-state index contributed by atoms with van der Waals surface area (Å²) in [6.45, 7) is 11.9. The van der Waals surface area contributed by atoms with Crippen molar-refractivity contribution in [1.82, 2.24) is 9.88 Å². The lowest BCUT2D eigenvalue weighted by atomic mass is 10.2. The molecule has 0 fully saturated rings. The highest BCUT2D eigenvalue weighted by molar-refractivity contribution is 5.92. The molecule has 1 atom stereocenters. The number of hydrogen-bond acceptors (Lipinski definition) is 3. The molecular weight excluding hydrogens is 240 g/mol. The van der Waals surface area contributed by atoms with Crippen LogP contribution in [0.25, 0.3) is 0 Å². The molecule has 110 valence electrons. The highest BCUT2D eigenvalue weighted by atomic mass is 16.3. The van der Waals surface area contributed by atoms with Crippen LogP contribution < -0.4 is 0 Å². The molecule has 19 heavy (non-hydrogen) atoms. The average Bonchev–Trinajstić information content (AvgIpc) is 2.42. The van der Waals surface area contributed by atoms with Crippen LogP contribution in [0.5, 0.6) is 0 Å². The van der Waals surface area contributed by atoms with Crippen LogP contribution in [0, 0.1) is 6.92 Å². The van der Waals surface area contributed by atoms with Gasteiger partial charge >= 0.3 is 0 Å². The maximum Gasteiger partial charge on any atom is 0.272 e. The summed E-state index contributed by atoms with van der Waals surface area (Å²) in [5.41, 5.74) is 1.42. The molecule has 1 N–H and O–H groups in total. The maximum atomic E-state index is 11.7. The Kier molecular flexibility index (Phi) is 12.2. The zero-order valence-corrected chi connectivity index (χ0v) is 13.3. The number of aliphatic hydroxyl groups excluding tert-OH is 1. The number of aryl methyl sites for hydroxylation is 1. The third-order valence-corrected chi connectivity index (χ3v) is 2.02. The lowest BCUT2D eigenvalue weighted by Gasteiger charge is -2.18. The molecular formula is C15H28N2O2. The van der Waals surface area contributed by atoms with Crippen molar-refractivity contribution >= 4 is 5.91 Å². The zero-order valence-electron chi connectivity index (χ0n) is 13.3. The average molecular weight is 268 g/mol. The first-order valence-electron chi connectivity index (χ1n) is 6.87. The Hall–Kier alpha value is -1.42. The molecule has 0 aliphatic rings. The Balaban J connectivity index is 0. The second-order valence-electron chi connectivity index (χ2n) is 3.76. The summed E-state index contributed by atoms with van der Waals surface area (Å²) in [4.78, 5) is 17.2.